The lowest BCUT2D eigenvalue weighted by atomic mass is 10.00. The highest BCUT2D eigenvalue weighted by molar-refractivity contribution is 6.05. The predicted molar refractivity (Wildman–Crippen MR) is 155 cm³/mol. The molecule has 3 atom stereocenters. The molecule has 42 heavy (non-hydrogen) atoms. The molecule has 9 heteroatoms. The molecule has 0 bridgehead atoms. The molecule has 3 aliphatic rings. The summed E-state index contributed by atoms with van der Waals surface area (Å²) in [7, 11) is 0. The molecule has 1 unspecified atom stereocenters. The molecule has 0 spiro atoms. The highest BCUT2D eigenvalue weighted by atomic mass is 16.5. The van der Waals surface area contributed by atoms with E-state index in [4.69, 9.17) is 10.00 Å². The Morgan fingerprint density at radius 2 is 1.79 bits per heavy atom. The average molecular weight is 564 g/mol. The first kappa shape index (κ1) is 27.6. The van der Waals surface area contributed by atoms with Crippen molar-refractivity contribution in [1.82, 2.24) is 20.4 Å². The molecule has 0 aromatic heterocycles. The summed E-state index contributed by atoms with van der Waals surface area (Å²) in [5.74, 6) is -0.226. The van der Waals surface area contributed by atoms with Crippen LogP contribution in [-0.4, -0.2) is 58.8 Å². The zero-order chi connectivity index (χ0) is 29.1. The fourth-order valence-electron chi connectivity index (χ4n) is 6.06. The van der Waals surface area contributed by atoms with Crippen LogP contribution in [0.3, 0.4) is 0 Å². The van der Waals surface area contributed by atoms with Crippen molar-refractivity contribution in [1.29, 1.82) is 5.26 Å². The monoisotopic (exact) mass is 563 g/mol. The Kier molecular flexibility index (Phi) is 8.00. The van der Waals surface area contributed by atoms with Crippen molar-refractivity contribution in [3.05, 3.63) is 101 Å². The molecular formula is C33H33N5O4. The van der Waals surface area contributed by atoms with Crippen molar-refractivity contribution in [3.63, 3.8) is 0 Å². The topological polar surface area (TPSA) is 115 Å². The molecule has 214 valence electrons. The predicted octanol–water partition coefficient (Wildman–Crippen LogP) is 3.13. The second-order valence-corrected chi connectivity index (χ2v) is 11.2. The van der Waals surface area contributed by atoms with Gasteiger partial charge < -0.3 is 15.0 Å². The van der Waals surface area contributed by atoms with Gasteiger partial charge in [-0.25, -0.2) is 0 Å². The van der Waals surface area contributed by atoms with Crippen LogP contribution in [0.2, 0.25) is 0 Å². The molecule has 3 amide bonds. The minimum atomic E-state index is -0.646. The maximum Gasteiger partial charge on any atom is 0.255 e. The van der Waals surface area contributed by atoms with Crippen LogP contribution < -0.4 is 15.4 Å². The standard InChI is InChI=1S/C33H33N5O4/c34-17-22-6-8-24(9-7-22)19-37-15-14-28(35-18-23-4-2-1-3-5-23)30(21-37)42-26-10-11-27-25(16-26)20-38(33(27)41)29-12-13-31(39)36-32(29)40/h1-11,16,28-30,35H,12-15,18-21H2,(H,36,39,40)/t28-,29?,30-/m0/s1. The van der Waals surface area contributed by atoms with Crippen LogP contribution in [0.15, 0.2) is 72.8 Å². The fourth-order valence-corrected chi connectivity index (χ4v) is 6.06. The Morgan fingerprint density at radius 3 is 2.55 bits per heavy atom. The summed E-state index contributed by atoms with van der Waals surface area (Å²) in [6, 6.07) is 25.2. The Labute approximate surface area is 245 Å². The molecule has 0 aliphatic carbocycles. The second-order valence-electron chi connectivity index (χ2n) is 11.2. The fraction of sp³-hybridized carbons (Fsp3) is 0.333. The summed E-state index contributed by atoms with van der Waals surface area (Å²) in [4.78, 5) is 41.1. The lowest BCUT2D eigenvalue weighted by Crippen LogP contribution is -2.54. The van der Waals surface area contributed by atoms with Crippen LogP contribution in [-0.2, 0) is 29.2 Å². The third-order valence-electron chi connectivity index (χ3n) is 8.33. The van der Waals surface area contributed by atoms with Gasteiger partial charge in [-0.3, -0.25) is 24.6 Å². The highest BCUT2D eigenvalue weighted by Crippen LogP contribution is 2.31. The van der Waals surface area contributed by atoms with Crippen molar-refractivity contribution in [2.45, 2.75) is 57.1 Å². The lowest BCUT2D eigenvalue weighted by molar-refractivity contribution is -0.136. The normalized spacial score (nSPS) is 22.4. The van der Waals surface area contributed by atoms with Crippen molar-refractivity contribution in [3.8, 4) is 11.8 Å². The number of nitrogens with zero attached hydrogens (tertiary/aromatic N) is 3. The van der Waals surface area contributed by atoms with Crippen LogP contribution >= 0.6 is 0 Å². The number of benzene rings is 3. The smallest absolute Gasteiger partial charge is 0.255 e. The number of nitrogens with one attached hydrogen (secondary N) is 2. The maximum absolute atomic E-state index is 13.1. The molecule has 3 aromatic rings. The van der Waals surface area contributed by atoms with Crippen LogP contribution in [0.1, 0.15) is 51.9 Å². The summed E-state index contributed by atoms with van der Waals surface area (Å²) in [5, 5.41) is 15.2. The number of nitriles is 1. The zero-order valence-electron chi connectivity index (χ0n) is 23.3. The summed E-state index contributed by atoms with van der Waals surface area (Å²) >= 11 is 0. The van der Waals surface area contributed by atoms with Crippen LogP contribution in [0, 0.1) is 11.3 Å². The molecule has 9 nitrogen and oxygen atoms in total. The van der Waals surface area contributed by atoms with Gasteiger partial charge in [-0.15, -0.1) is 0 Å². The van der Waals surface area contributed by atoms with Gasteiger partial charge in [0.1, 0.15) is 17.9 Å². The van der Waals surface area contributed by atoms with E-state index in [1.54, 1.807) is 11.0 Å². The van der Waals surface area contributed by atoms with Gasteiger partial charge in [0.05, 0.1) is 11.6 Å². The van der Waals surface area contributed by atoms with Gasteiger partial charge in [-0.2, -0.15) is 5.26 Å². The van der Waals surface area contributed by atoms with Gasteiger partial charge in [0.2, 0.25) is 11.8 Å². The SMILES string of the molecule is N#Cc1ccc(CN2CC[C@H](NCc3ccccc3)[C@@H](Oc3ccc4c(c3)CN(C3CCC(=O)NC3=O)C4=O)C2)cc1. The van der Waals surface area contributed by atoms with E-state index in [9.17, 15) is 14.4 Å². The molecule has 2 saturated heterocycles. The van der Waals surface area contributed by atoms with Crippen LogP contribution in [0.25, 0.3) is 0 Å². The summed E-state index contributed by atoms with van der Waals surface area (Å²) < 4.78 is 6.64. The van der Waals surface area contributed by atoms with Crippen molar-refractivity contribution in [2.24, 2.45) is 0 Å². The molecule has 6 rings (SSSR count). The first-order chi connectivity index (χ1) is 20.5. The van der Waals surface area contributed by atoms with Crippen molar-refractivity contribution < 1.29 is 19.1 Å². The summed E-state index contributed by atoms with van der Waals surface area (Å²) in [6.07, 6.45) is 1.32. The summed E-state index contributed by atoms with van der Waals surface area (Å²) in [5.41, 5.74) is 4.39. The van der Waals surface area contributed by atoms with E-state index in [0.29, 0.717) is 36.4 Å². The van der Waals surface area contributed by atoms with Crippen LogP contribution in [0.4, 0.5) is 0 Å². The minimum Gasteiger partial charge on any atom is -0.487 e. The average Bonchev–Trinajstić information content (AvgIpc) is 3.32. The minimum absolute atomic E-state index is 0.122. The van der Waals surface area contributed by atoms with E-state index in [2.05, 4.69) is 33.7 Å². The van der Waals surface area contributed by atoms with Crippen LogP contribution in [0.5, 0.6) is 5.75 Å². The quantitative estimate of drug-likeness (QED) is 0.405. The van der Waals surface area contributed by atoms with Gasteiger partial charge in [0, 0.05) is 50.7 Å². The van der Waals surface area contributed by atoms with Gasteiger partial charge in [-0.1, -0.05) is 42.5 Å². The molecular weight excluding hydrogens is 530 g/mol. The number of hydrogen-bond donors (Lipinski definition) is 2. The first-order valence-electron chi connectivity index (χ1n) is 14.4. The number of carbonyl (C=O) groups excluding carboxylic acids is 3. The lowest BCUT2D eigenvalue weighted by Gasteiger charge is -2.39. The number of hydrogen-bond acceptors (Lipinski definition) is 7. The number of piperidine rings is 2. The number of rotatable bonds is 8. The molecule has 3 aromatic carbocycles. The number of ether oxygens (including phenoxy) is 1. The van der Waals surface area contributed by atoms with Gasteiger partial charge in [0.15, 0.2) is 0 Å². The van der Waals surface area contributed by atoms with Gasteiger partial charge in [-0.05, 0) is 59.9 Å². The molecule has 2 N–H and O–H groups in total. The first-order valence-corrected chi connectivity index (χ1v) is 14.4. The molecule has 2 fully saturated rings. The Balaban J connectivity index is 1.17. The molecule has 0 saturated carbocycles. The van der Waals surface area contributed by atoms with E-state index in [-0.39, 0.29) is 30.4 Å². The number of likely N-dealkylation sites (tertiary alicyclic amines) is 1. The van der Waals surface area contributed by atoms with E-state index < -0.39 is 11.9 Å². The van der Waals surface area contributed by atoms with E-state index in [1.165, 1.54) is 5.56 Å². The number of fused-ring (bicyclic) bond motifs is 1. The largest absolute Gasteiger partial charge is 0.487 e. The third kappa shape index (κ3) is 6.05. The van der Waals surface area contributed by atoms with Gasteiger partial charge in [0.25, 0.3) is 5.91 Å². The molecule has 3 aliphatic heterocycles. The Hall–Kier alpha value is -4.52. The molecule has 0 radical (unpaired) electrons. The Bertz CT molecular complexity index is 1520. The van der Waals surface area contributed by atoms with E-state index in [0.717, 1.165) is 37.2 Å². The third-order valence-corrected chi connectivity index (χ3v) is 8.33. The number of carbonyl (C=O) groups is 3. The van der Waals surface area contributed by atoms with Gasteiger partial charge >= 0.3 is 0 Å². The zero-order valence-corrected chi connectivity index (χ0v) is 23.3. The summed E-state index contributed by atoms with van der Waals surface area (Å²) in [6.45, 7) is 3.43. The number of amides is 3. The second kappa shape index (κ2) is 12.1. The van der Waals surface area contributed by atoms with E-state index >= 15 is 0 Å². The maximum atomic E-state index is 13.1. The Morgan fingerprint density at radius 1 is 0.976 bits per heavy atom. The van der Waals surface area contributed by atoms with Crippen molar-refractivity contribution in [2.75, 3.05) is 13.1 Å². The number of imide groups is 1. The van der Waals surface area contributed by atoms with Crippen molar-refractivity contribution >= 4 is 17.7 Å². The molecule has 3 heterocycles. The van der Waals surface area contributed by atoms with E-state index in [1.807, 2.05) is 54.6 Å². The highest BCUT2D eigenvalue weighted by Gasteiger charge is 2.39.